The second-order valence-electron chi connectivity index (χ2n) is 8.35. The Labute approximate surface area is 159 Å². The molecule has 0 aromatic carbocycles. The van der Waals surface area contributed by atoms with E-state index in [0.29, 0.717) is 32.1 Å². The molecule has 8 heteroatoms. The van der Waals surface area contributed by atoms with E-state index < -0.39 is 5.54 Å². The van der Waals surface area contributed by atoms with Gasteiger partial charge in [-0.05, 0) is 32.1 Å². The van der Waals surface area contributed by atoms with E-state index in [0.717, 1.165) is 44.9 Å². The lowest BCUT2D eigenvalue weighted by Gasteiger charge is -2.30. The fourth-order valence-corrected chi connectivity index (χ4v) is 4.61. The van der Waals surface area contributed by atoms with Gasteiger partial charge in [-0.15, -0.1) is 0 Å². The van der Waals surface area contributed by atoms with E-state index in [1.165, 1.54) is 4.90 Å². The number of carbonyl (C=O) groups excluding carboxylic acids is 4. The van der Waals surface area contributed by atoms with Crippen LogP contribution in [-0.4, -0.2) is 64.8 Å². The second-order valence-corrected chi connectivity index (χ2v) is 8.35. The van der Waals surface area contributed by atoms with Crippen LogP contribution >= 0.6 is 0 Å². The average Bonchev–Trinajstić information content (AvgIpc) is 3.38. The van der Waals surface area contributed by atoms with Gasteiger partial charge in [0.1, 0.15) is 5.54 Å². The van der Waals surface area contributed by atoms with E-state index in [1.54, 1.807) is 0 Å². The monoisotopic (exact) mass is 376 g/mol. The normalized spacial score (nSPS) is 27.4. The summed E-state index contributed by atoms with van der Waals surface area (Å²) < 4.78 is 0. The molecule has 0 aromatic rings. The zero-order chi connectivity index (χ0) is 19.0. The smallest absolute Gasteiger partial charge is 0.325 e. The van der Waals surface area contributed by atoms with Gasteiger partial charge < -0.3 is 15.5 Å². The first kappa shape index (κ1) is 18.3. The van der Waals surface area contributed by atoms with Gasteiger partial charge in [-0.3, -0.25) is 19.3 Å². The van der Waals surface area contributed by atoms with E-state index in [1.807, 2.05) is 4.90 Å². The molecule has 0 unspecified atom stereocenters. The molecular formula is C19H28N4O4. The highest BCUT2D eigenvalue weighted by atomic mass is 16.2. The van der Waals surface area contributed by atoms with Crippen LogP contribution in [0.25, 0.3) is 0 Å². The summed E-state index contributed by atoms with van der Waals surface area (Å²) in [5, 5.41) is 5.76. The van der Waals surface area contributed by atoms with E-state index in [-0.39, 0.29) is 36.1 Å². The first-order valence-corrected chi connectivity index (χ1v) is 10.2. The Hall–Kier alpha value is -2.12. The second kappa shape index (κ2) is 7.13. The number of amides is 5. The molecule has 5 amide bonds. The standard InChI is InChI=1S/C19H28N4O4/c24-15-11-13(12-23(15)14-5-6-14)16(25)20-9-4-10-22-17(26)19(21-18(22)27)7-2-1-3-8-19/h13-14H,1-12H2,(H,20,25)(H,21,27)/t13-/m0/s1. The number of hydrogen-bond acceptors (Lipinski definition) is 4. The van der Waals surface area contributed by atoms with Crippen LogP contribution in [0, 0.1) is 5.92 Å². The average molecular weight is 376 g/mol. The first-order valence-electron chi connectivity index (χ1n) is 10.2. The molecule has 0 radical (unpaired) electrons. The number of nitrogens with one attached hydrogen (secondary N) is 2. The zero-order valence-electron chi connectivity index (χ0n) is 15.7. The predicted molar refractivity (Wildman–Crippen MR) is 96.5 cm³/mol. The molecule has 2 saturated heterocycles. The summed E-state index contributed by atoms with van der Waals surface area (Å²) in [7, 11) is 0. The topological polar surface area (TPSA) is 98.8 Å². The van der Waals surface area contributed by atoms with Crippen LogP contribution in [0.15, 0.2) is 0 Å². The van der Waals surface area contributed by atoms with Gasteiger partial charge in [0, 0.05) is 32.1 Å². The molecule has 148 valence electrons. The van der Waals surface area contributed by atoms with Crippen molar-refractivity contribution < 1.29 is 19.2 Å². The number of urea groups is 1. The van der Waals surface area contributed by atoms with Crippen LogP contribution in [0.2, 0.25) is 0 Å². The lowest BCUT2D eigenvalue weighted by atomic mass is 9.82. The van der Waals surface area contributed by atoms with Crippen molar-refractivity contribution in [2.24, 2.45) is 5.92 Å². The van der Waals surface area contributed by atoms with Crippen molar-refractivity contribution in [3.63, 3.8) is 0 Å². The summed E-state index contributed by atoms with van der Waals surface area (Å²) >= 11 is 0. The number of likely N-dealkylation sites (tertiary alicyclic amines) is 1. The third-order valence-corrected chi connectivity index (χ3v) is 6.33. The van der Waals surface area contributed by atoms with Crippen LogP contribution < -0.4 is 10.6 Å². The van der Waals surface area contributed by atoms with Crippen molar-refractivity contribution in [3.05, 3.63) is 0 Å². The van der Waals surface area contributed by atoms with Crippen LogP contribution in [0.3, 0.4) is 0 Å². The molecular weight excluding hydrogens is 348 g/mol. The van der Waals surface area contributed by atoms with Crippen LogP contribution in [-0.2, 0) is 14.4 Å². The van der Waals surface area contributed by atoms with Crippen molar-refractivity contribution in [1.82, 2.24) is 20.4 Å². The quantitative estimate of drug-likeness (QED) is 0.528. The fourth-order valence-electron chi connectivity index (χ4n) is 4.61. The minimum atomic E-state index is -0.685. The number of imide groups is 1. The third kappa shape index (κ3) is 3.53. The third-order valence-electron chi connectivity index (χ3n) is 6.33. The molecule has 27 heavy (non-hydrogen) atoms. The van der Waals surface area contributed by atoms with Crippen molar-refractivity contribution in [2.45, 2.75) is 69.4 Å². The van der Waals surface area contributed by atoms with Crippen LogP contribution in [0.4, 0.5) is 4.79 Å². The zero-order valence-corrected chi connectivity index (χ0v) is 15.7. The van der Waals surface area contributed by atoms with E-state index in [4.69, 9.17) is 0 Å². The highest BCUT2D eigenvalue weighted by Gasteiger charge is 2.50. The van der Waals surface area contributed by atoms with E-state index in [9.17, 15) is 19.2 Å². The van der Waals surface area contributed by atoms with Gasteiger partial charge in [-0.25, -0.2) is 4.79 Å². The summed E-state index contributed by atoms with van der Waals surface area (Å²) in [4.78, 5) is 52.3. The molecule has 2 aliphatic carbocycles. The molecule has 4 fully saturated rings. The Morgan fingerprint density at radius 2 is 1.89 bits per heavy atom. The molecule has 1 atom stereocenters. The molecule has 0 aromatic heterocycles. The SMILES string of the molecule is O=C(NCCCN1C(=O)NC2(CCCCC2)C1=O)[C@H]1CC(=O)N(C2CC2)C1. The van der Waals surface area contributed by atoms with Crippen molar-refractivity contribution in [2.75, 3.05) is 19.6 Å². The summed E-state index contributed by atoms with van der Waals surface area (Å²) in [5.74, 6) is -0.414. The molecule has 0 bridgehead atoms. The Morgan fingerprint density at radius 1 is 1.15 bits per heavy atom. The van der Waals surface area contributed by atoms with E-state index in [2.05, 4.69) is 10.6 Å². The lowest BCUT2D eigenvalue weighted by molar-refractivity contribution is -0.132. The largest absolute Gasteiger partial charge is 0.356 e. The minimum absolute atomic E-state index is 0.0785. The predicted octanol–water partition coefficient (Wildman–Crippen LogP) is 0.758. The van der Waals surface area contributed by atoms with Gasteiger partial charge in [-0.2, -0.15) is 0 Å². The molecule has 2 aliphatic heterocycles. The Morgan fingerprint density at radius 3 is 2.59 bits per heavy atom. The Kier molecular flexibility index (Phi) is 4.82. The Bertz CT molecular complexity index is 654. The van der Waals surface area contributed by atoms with Gasteiger partial charge in [0.25, 0.3) is 5.91 Å². The summed E-state index contributed by atoms with van der Waals surface area (Å²) in [6, 6.07) is 0.0387. The molecule has 2 saturated carbocycles. The number of carbonyl (C=O) groups is 4. The van der Waals surface area contributed by atoms with Crippen LogP contribution in [0.5, 0.6) is 0 Å². The Balaban J connectivity index is 1.21. The number of hydrogen-bond donors (Lipinski definition) is 2. The maximum atomic E-state index is 12.7. The number of nitrogens with zero attached hydrogens (tertiary/aromatic N) is 2. The first-order chi connectivity index (χ1) is 13.0. The maximum absolute atomic E-state index is 12.7. The summed E-state index contributed by atoms with van der Waals surface area (Å²) in [6.45, 7) is 1.23. The summed E-state index contributed by atoms with van der Waals surface area (Å²) in [6.07, 6.45) is 7.39. The van der Waals surface area contributed by atoms with Gasteiger partial charge in [0.15, 0.2) is 0 Å². The summed E-state index contributed by atoms with van der Waals surface area (Å²) in [5.41, 5.74) is -0.685. The van der Waals surface area contributed by atoms with Gasteiger partial charge >= 0.3 is 6.03 Å². The highest BCUT2D eigenvalue weighted by molar-refractivity contribution is 6.07. The van der Waals surface area contributed by atoms with Crippen molar-refractivity contribution >= 4 is 23.8 Å². The molecule has 8 nitrogen and oxygen atoms in total. The molecule has 4 aliphatic rings. The molecule has 4 rings (SSSR count). The highest BCUT2D eigenvalue weighted by Crippen LogP contribution is 2.34. The fraction of sp³-hybridized carbons (Fsp3) is 0.789. The van der Waals surface area contributed by atoms with Gasteiger partial charge in [0.2, 0.25) is 11.8 Å². The molecule has 2 heterocycles. The van der Waals surface area contributed by atoms with Crippen LogP contribution in [0.1, 0.15) is 57.8 Å². The van der Waals surface area contributed by atoms with Gasteiger partial charge in [-0.1, -0.05) is 19.3 Å². The van der Waals surface area contributed by atoms with Gasteiger partial charge in [0.05, 0.1) is 5.92 Å². The van der Waals surface area contributed by atoms with Crippen molar-refractivity contribution in [1.29, 1.82) is 0 Å². The lowest BCUT2D eigenvalue weighted by Crippen LogP contribution is -2.48. The minimum Gasteiger partial charge on any atom is -0.356 e. The number of rotatable bonds is 6. The maximum Gasteiger partial charge on any atom is 0.325 e. The van der Waals surface area contributed by atoms with E-state index >= 15 is 0 Å². The molecule has 1 spiro atoms. The van der Waals surface area contributed by atoms with Crippen molar-refractivity contribution in [3.8, 4) is 0 Å². The molecule has 2 N–H and O–H groups in total.